The third-order valence-electron chi connectivity index (χ3n) is 5.55. The molecule has 178 valence electrons. The lowest BCUT2D eigenvalue weighted by Crippen LogP contribution is -2.26. The second kappa shape index (κ2) is 10.4. The van der Waals surface area contributed by atoms with Crippen molar-refractivity contribution < 1.29 is 13.6 Å². The van der Waals surface area contributed by atoms with Gasteiger partial charge in [-0.05, 0) is 67.8 Å². The van der Waals surface area contributed by atoms with Gasteiger partial charge in [0.2, 0.25) is 5.91 Å². The van der Waals surface area contributed by atoms with Gasteiger partial charge >= 0.3 is 0 Å². The van der Waals surface area contributed by atoms with E-state index in [9.17, 15) is 23.6 Å². The fraction of sp³-hybridized carbons (Fsp3) is 0.200. The second-order valence-electron chi connectivity index (χ2n) is 7.74. The van der Waals surface area contributed by atoms with Crippen LogP contribution in [0.2, 0.25) is 0 Å². The minimum atomic E-state index is -2.54. The molecular weight excluding hydrogens is 490 g/mol. The van der Waals surface area contributed by atoms with E-state index in [0.29, 0.717) is 45.2 Å². The van der Waals surface area contributed by atoms with Crippen molar-refractivity contribution in [1.29, 1.82) is 5.26 Å². The number of thiazole rings is 1. The van der Waals surface area contributed by atoms with Crippen molar-refractivity contribution in [3.05, 3.63) is 81.3 Å². The molecule has 6 nitrogen and oxygen atoms in total. The van der Waals surface area contributed by atoms with E-state index in [0.717, 1.165) is 15.8 Å². The molecule has 0 atom stereocenters. The molecule has 2 heterocycles. The number of carbonyl (C=O) groups excluding carboxylic acids is 1. The van der Waals surface area contributed by atoms with E-state index < -0.39 is 11.3 Å². The number of carbonyl (C=O) groups is 1. The van der Waals surface area contributed by atoms with Gasteiger partial charge in [-0.15, -0.1) is 0 Å². The number of aryl methyl sites for hydroxylation is 1. The normalized spacial score (nSPS) is 11.1. The smallest absolute Gasteiger partial charge is 0.288 e. The van der Waals surface area contributed by atoms with Crippen LogP contribution in [-0.4, -0.2) is 21.6 Å². The van der Waals surface area contributed by atoms with Gasteiger partial charge in [-0.25, -0.2) is 4.98 Å². The lowest BCUT2D eigenvalue weighted by atomic mass is 9.99. The van der Waals surface area contributed by atoms with Crippen molar-refractivity contribution in [2.24, 2.45) is 0 Å². The summed E-state index contributed by atoms with van der Waals surface area (Å²) in [6, 6.07) is 15.8. The van der Waals surface area contributed by atoms with Crippen LogP contribution in [0.3, 0.4) is 0 Å². The Labute approximate surface area is 208 Å². The van der Waals surface area contributed by atoms with Gasteiger partial charge in [-0.3, -0.25) is 14.5 Å². The number of hydrogen-bond donors (Lipinski definition) is 1. The number of aromatic nitrogens is 2. The minimum Gasteiger partial charge on any atom is -0.325 e. The summed E-state index contributed by atoms with van der Waals surface area (Å²) in [4.78, 5) is 34.7. The molecule has 4 aromatic rings. The molecule has 35 heavy (non-hydrogen) atoms. The van der Waals surface area contributed by atoms with Crippen molar-refractivity contribution in [3.8, 4) is 6.07 Å². The second-order valence-corrected chi connectivity index (χ2v) is 9.81. The molecule has 0 aliphatic heterocycles. The Hall–Kier alpha value is -3.55. The Morgan fingerprint density at radius 3 is 2.57 bits per heavy atom. The predicted molar refractivity (Wildman–Crippen MR) is 135 cm³/mol. The van der Waals surface area contributed by atoms with Crippen LogP contribution in [-0.2, 0) is 11.2 Å². The summed E-state index contributed by atoms with van der Waals surface area (Å²) in [6.07, 6.45) is 0.394. The Morgan fingerprint density at radius 1 is 1.20 bits per heavy atom. The van der Waals surface area contributed by atoms with Crippen LogP contribution in [0.4, 0.5) is 19.6 Å². The van der Waals surface area contributed by atoms with Crippen LogP contribution in [0.1, 0.15) is 28.8 Å². The highest BCUT2D eigenvalue weighted by Gasteiger charge is 2.23. The topological polar surface area (TPSA) is 89.8 Å². The number of alkyl halides is 2. The predicted octanol–water partition coefficient (Wildman–Crippen LogP) is 6.09. The van der Waals surface area contributed by atoms with Crippen LogP contribution in [0.5, 0.6) is 0 Å². The maximum atomic E-state index is 13.5. The van der Waals surface area contributed by atoms with Crippen molar-refractivity contribution in [2.75, 3.05) is 4.90 Å². The number of halogens is 2. The van der Waals surface area contributed by atoms with Gasteiger partial charge in [0.05, 0.1) is 15.9 Å². The van der Waals surface area contributed by atoms with Crippen LogP contribution in [0, 0.1) is 25.2 Å². The summed E-state index contributed by atoms with van der Waals surface area (Å²) >= 11 is 1.79. The first kappa shape index (κ1) is 24.6. The molecule has 2 aromatic carbocycles. The molecule has 10 heteroatoms. The highest BCUT2D eigenvalue weighted by Crippen LogP contribution is 2.35. The SMILES string of the molecule is Cc1[nH]c(=O)c(C#N)c(C)c1CCC(=O)N(c1ccc(SC(F)F)cc1)c1nc2ccccc2s1. The minimum absolute atomic E-state index is 0.0354. The Morgan fingerprint density at radius 2 is 1.91 bits per heavy atom. The average Bonchev–Trinajstić information content (AvgIpc) is 3.23. The van der Waals surface area contributed by atoms with Gasteiger partial charge in [0.25, 0.3) is 11.3 Å². The fourth-order valence-corrected chi connectivity index (χ4v) is 5.36. The van der Waals surface area contributed by atoms with E-state index in [1.165, 1.54) is 16.2 Å². The first-order chi connectivity index (χ1) is 16.8. The van der Waals surface area contributed by atoms with E-state index in [-0.39, 0.29) is 17.9 Å². The summed E-state index contributed by atoms with van der Waals surface area (Å²) in [5, 5.41) is 9.79. The molecule has 0 aliphatic rings. The van der Waals surface area contributed by atoms with Gasteiger partial charge in [0.1, 0.15) is 11.6 Å². The molecule has 1 amide bonds. The number of pyridine rings is 1. The van der Waals surface area contributed by atoms with Crippen LogP contribution >= 0.6 is 23.1 Å². The highest BCUT2D eigenvalue weighted by molar-refractivity contribution is 7.99. The molecule has 0 saturated carbocycles. The van der Waals surface area contributed by atoms with E-state index in [2.05, 4.69) is 9.97 Å². The summed E-state index contributed by atoms with van der Waals surface area (Å²) in [5.41, 5.74) is 2.76. The highest BCUT2D eigenvalue weighted by atomic mass is 32.2. The Bertz CT molecular complexity index is 1460. The van der Waals surface area contributed by atoms with Gasteiger partial charge in [-0.1, -0.05) is 35.2 Å². The van der Waals surface area contributed by atoms with Gasteiger partial charge in [-0.2, -0.15) is 14.0 Å². The third kappa shape index (κ3) is 5.26. The van der Waals surface area contributed by atoms with E-state index in [1.807, 2.05) is 30.3 Å². The van der Waals surface area contributed by atoms with Crippen molar-refractivity contribution >= 4 is 50.0 Å². The maximum Gasteiger partial charge on any atom is 0.288 e. The quantitative estimate of drug-likeness (QED) is 0.304. The number of fused-ring (bicyclic) bond motifs is 1. The number of anilines is 2. The monoisotopic (exact) mass is 510 g/mol. The molecule has 0 spiro atoms. The largest absolute Gasteiger partial charge is 0.325 e. The Balaban J connectivity index is 1.68. The van der Waals surface area contributed by atoms with E-state index >= 15 is 0 Å². The number of hydrogen-bond acceptors (Lipinski definition) is 6. The van der Waals surface area contributed by atoms with Crippen LogP contribution in [0.15, 0.2) is 58.2 Å². The summed E-state index contributed by atoms with van der Waals surface area (Å²) in [6.45, 7) is 3.44. The van der Waals surface area contributed by atoms with E-state index in [1.54, 1.807) is 38.1 Å². The maximum absolute atomic E-state index is 13.5. The zero-order chi connectivity index (χ0) is 25.1. The number of nitrogens with one attached hydrogen (secondary N) is 1. The number of aromatic amines is 1. The zero-order valence-corrected chi connectivity index (χ0v) is 20.5. The fourth-order valence-electron chi connectivity index (χ4n) is 3.86. The number of para-hydroxylation sites is 1. The molecular formula is C25H20F2N4O2S2. The number of nitrogens with zero attached hydrogens (tertiary/aromatic N) is 3. The van der Waals surface area contributed by atoms with Crippen LogP contribution < -0.4 is 10.5 Å². The number of H-pyrrole nitrogens is 1. The molecule has 2 aromatic heterocycles. The molecule has 0 radical (unpaired) electrons. The first-order valence-corrected chi connectivity index (χ1v) is 12.3. The van der Waals surface area contributed by atoms with E-state index in [4.69, 9.17) is 0 Å². The number of benzene rings is 2. The first-order valence-electron chi connectivity index (χ1n) is 10.6. The lowest BCUT2D eigenvalue weighted by Gasteiger charge is -2.21. The third-order valence-corrected chi connectivity index (χ3v) is 7.30. The lowest BCUT2D eigenvalue weighted by molar-refractivity contribution is -0.117. The number of nitriles is 1. The number of amides is 1. The summed E-state index contributed by atoms with van der Waals surface area (Å²) < 4.78 is 26.4. The molecule has 0 saturated heterocycles. The van der Waals surface area contributed by atoms with Crippen molar-refractivity contribution in [3.63, 3.8) is 0 Å². The number of rotatable bonds is 7. The van der Waals surface area contributed by atoms with Gasteiger partial charge in [0, 0.05) is 17.0 Å². The van der Waals surface area contributed by atoms with Gasteiger partial charge in [0.15, 0.2) is 5.13 Å². The summed E-state index contributed by atoms with van der Waals surface area (Å²) in [5.74, 6) is -2.79. The standard InChI is InChI=1S/C25H20F2N4O2S2/c1-14-18(15(2)29-23(33)19(14)13-28)11-12-22(32)31(16-7-9-17(10-8-16)34-24(26)27)25-30-20-5-3-4-6-21(20)35-25/h3-10,24H,11-12H2,1-2H3,(H,29,33). The van der Waals surface area contributed by atoms with Gasteiger partial charge < -0.3 is 4.98 Å². The van der Waals surface area contributed by atoms with Crippen molar-refractivity contribution in [2.45, 2.75) is 37.3 Å². The molecule has 4 rings (SSSR count). The van der Waals surface area contributed by atoms with Crippen LogP contribution in [0.25, 0.3) is 10.2 Å². The zero-order valence-electron chi connectivity index (χ0n) is 18.8. The molecule has 1 N–H and O–H groups in total. The Kier molecular flexibility index (Phi) is 7.28. The molecule has 0 unspecified atom stereocenters. The molecule has 0 bridgehead atoms. The molecule has 0 fully saturated rings. The van der Waals surface area contributed by atoms with Crippen molar-refractivity contribution in [1.82, 2.24) is 9.97 Å². The summed E-state index contributed by atoms with van der Waals surface area (Å²) in [7, 11) is 0. The molecule has 0 aliphatic carbocycles. The number of thioether (sulfide) groups is 1. The average molecular weight is 511 g/mol.